The summed E-state index contributed by atoms with van der Waals surface area (Å²) in [4.78, 5) is 19.5. The number of unbranched alkanes of at least 4 members (excludes halogenated alkanes) is 4. The fraction of sp³-hybridized carbons (Fsp3) is 0.350. The molecule has 2 rings (SSSR count). The highest BCUT2D eigenvalue weighted by atomic mass is 16.5. The molecule has 0 radical (unpaired) electrons. The number of ether oxygens (including phenoxy) is 1. The van der Waals surface area contributed by atoms with Crippen molar-refractivity contribution in [3.05, 3.63) is 53.9 Å². The molecular formula is C20H25N3O3. The van der Waals surface area contributed by atoms with E-state index in [1.807, 2.05) is 17.6 Å². The first-order valence-electron chi connectivity index (χ1n) is 8.90. The maximum absolute atomic E-state index is 11.1. The summed E-state index contributed by atoms with van der Waals surface area (Å²) in [5, 5.41) is 9.36. The highest BCUT2D eigenvalue weighted by molar-refractivity contribution is 6.03. The van der Waals surface area contributed by atoms with Crippen molar-refractivity contribution < 1.29 is 14.7 Å². The van der Waals surface area contributed by atoms with Gasteiger partial charge in [-0.05, 0) is 42.8 Å². The van der Waals surface area contributed by atoms with Crippen LogP contribution in [0.25, 0.3) is 0 Å². The van der Waals surface area contributed by atoms with Crippen molar-refractivity contribution in [1.82, 2.24) is 10.5 Å². The zero-order chi connectivity index (χ0) is 18.6. The van der Waals surface area contributed by atoms with Crippen molar-refractivity contribution in [3.8, 4) is 5.75 Å². The number of hydroxylamine groups is 1. The first-order chi connectivity index (χ1) is 12.8. The van der Waals surface area contributed by atoms with Gasteiger partial charge in [0, 0.05) is 11.8 Å². The molecule has 0 amide bonds. The number of amidine groups is 1. The Hall–Kier alpha value is -2.73. The Morgan fingerprint density at radius 1 is 1.19 bits per heavy atom. The van der Waals surface area contributed by atoms with Crippen LogP contribution in [0.5, 0.6) is 5.75 Å². The van der Waals surface area contributed by atoms with E-state index in [4.69, 9.17) is 4.74 Å². The van der Waals surface area contributed by atoms with Crippen LogP contribution in [0.1, 0.15) is 55.1 Å². The monoisotopic (exact) mass is 355 g/mol. The number of hydrogen-bond donors (Lipinski definition) is 2. The van der Waals surface area contributed by atoms with Crippen LogP contribution < -0.4 is 10.2 Å². The lowest BCUT2D eigenvalue weighted by atomic mass is 10.2. The molecule has 1 aromatic heterocycles. The second-order valence-electron chi connectivity index (χ2n) is 5.89. The highest BCUT2D eigenvalue weighted by Crippen LogP contribution is 2.19. The summed E-state index contributed by atoms with van der Waals surface area (Å²) in [6.07, 6.45) is 8.20. The normalized spacial score (nSPS) is 11.2. The van der Waals surface area contributed by atoms with E-state index in [-0.39, 0.29) is 11.5 Å². The van der Waals surface area contributed by atoms with Gasteiger partial charge in [0.2, 0.25) is 0 Å². The van der Waals surface area contributed by atoms with Gasteiger partial charge in [-0.25, -0.2) is 4.99 Å². The average molecular weight is 355 g/mol. The van der Waals surface area contributed by atoms with E-state index in [0.717, 1.165) is 12.2 Å². The fourth-order valence-corrected chi connectivity index (χ4v) is 2.48. The summed E-state index contributed by atoms with van der Waals surface area (Å²) >= 11 is 0. The molecular weight excluding hydrogens is 330 g/mol. The number of nitrogens with zero attached hydrogens (tertiary/aromatic N) is 2. The Balaban J connectivity index is 1.98. The van der Waals surface area contributed by atoms with Gasteiger partial charge in [-0.2, -0.15) is 0 Å². The van der Waals surface area contributed by atoms with Gasteiger partial charge in [0.15, 0.2) is 12.1 Å². The Labute approximate surface area is 153 Å². The summed E-state index contributed by atoms with van der Waals surface area (Å²) in [5.41, 5.74) is 3.26. The van der Waals surface area contributed by atoms with Gasteiger partial charge >= 0.3 is 0 Å². The molecule has 0 fully saturated rings. The van der Waals surface area contributed by atoms with Crippen molar-refractivity contribution in [2.75, 3.05) is 6.61 Å². The predicted octanol–water partition coefficient (Wildman–Crippen LogP) is 4.30. The van der Waals surface area contributed by atoms with E-state index in [9.17, 15) is 10.0 Å². The summed E-state index contributed by atoms with van der Waals surface area (Å²) in [6, 6.07) is 10.5. The third-order valence-corrected chi connectivity index (χ3v) is 3.89. The van der Waals surface area contributed by atoms with Crippen molar-refractivity contribution in [2.24, 2.45) is 4.99 Å². The number of benzene rings is 1. The molecule has 0 atom stereocenters. The quantitative estimate of drug-likeness (QED) is 0.218. The van der Waals surface area contributed by atoms with Crippen LogP contribution >= 0.6 is 0 Å². The maximum Gasteiger partial charge on any atom is 0.177 e. The lowest BCUT2D eigenvalue weighted by Gasteiger charge is -2.08. The number of aldehydes is 1. The summed E-state index contributed by atoms with van der Waals surface area (Å²) in [7, 11) is 0. The van der Waals surface area contributed by atoms with Crippen molar-refractivity contribution in [2.45, 2.75) is 39.0 Å². The molecule has 2 N–H and O–H groups in total. The minimum Gasteiger partial charge on any atom is -0.494 e. The number of carbonyl (C=O) groups excluding carboxylic acids is 1. The van der Waals surface area contributed by atoms with Crippen molar-refractivity contribution >= 4 is 17.8 Å². The topological polar surface area (TPSA) is 83.8 Å². The Morgan fingerprint density at radius 2 is 1.96 bits per heavy atom. The van der Waals surface area contributed by atoms with Crippen LogP contribution in [0.15, 0.2) is 47.6 Å². The summed E-state index contributed by atoms with van der Waals surface area (Å²) in [6.45, 7) is 2.90. The van der Waals surface area contributed by atoms with Gasteiger partial charge in [0.05, 0.1) is 12.3 Å². The van der Waals surface area contributed by atoms with Crippen LogP contribution in [0.3, 0.4) is 0 Å². The van der Waals surface area contributed by atoms with Gasteiger partial charge in [-0.15, -0.1) is 0 Å². The maximum atomic E-state index is 11.1. The van der Waals surface area contributed by atoms with Crippen LogP contribution in [0.4, 0.5) is 5.69 Å². The number of aromatic nitrogens is 1. The molecule has 1 heterocycles. The van der Waals surface area contributed by atoms with E-state index >= 15 is 0 Å². The van der Waals surface area contributed by atoms with Crippen LogP contribution in [-0.2, 0) is 0 Å². The first kappa shape index (κ1) is 19.6. The van der Waals surface area contributed by atoms with Gasteiger partial charge in [0.25, 0.3) is 0 Å². The molecule has 0 aliphatic carbocycles. The second-order valence-corrected chi connectivity index (χ2v) is 5.89. The number of pyridine rings is 1. The van der Waals surface area contributed by atoms with E-state index in [2.05, 4.69) is 16.9 Å². The zero-order valence-electron chi connectivity index (χ0n) is 15.0. The average Bonchev–Trinajstić information content (AvgIpc) is 2.70. The van der Waals surface area contributed by atoms with E-state index in [0.29, 0.717) is 24.1 Å². The van der Waals surface area contributed by atoms with E-state index < -0.39 is 0 Å². The van der Waals surface area contributed by atoms with Crippen LogP contribution in [-0.4, -0.2) is 28.9 Å². The predicted molar refractivity (Wildman–Crippen MR) is 101 cm³/mol. The molecule has 0 aliphatic rings. The molecule has 0 bridgehead atoms. The second kappa shape index (κ2) is 11.0. The zero-order valence-corrected chi connectivity index (χ0v) is 15.0. The minimum absolute atomic E-state index is 0.109. The molecule has 138 valence electrons. The Morgan fingerprint density at radius 3 is 2.65 bits per heavy atom. The number of carbonyl (C=O) groups is 1. The Bertz CT molecular complexity index is 714. The van der Waals surface area contributed by atoms with Gasteiger partial charge in [-0.3, -0.25) is 20.5 Å². The SMILES string of the molecule is CCCCCCCOc1ccc(N=C(NO)c2ncccc2C=O)cc1. The largest absolute Gasteiger partial charge is 0.494 e. The van der Waals surface area contributed by atoms with Crippen molar-refractivity contribution in [3.63, 3.8) is 0 Å². The molecule has 2 aromatic rings. The van der Waals surface area contributed by atoms with Gasteiger partial charge in [-0.1, -0.05) is 32.6 Å². The van der Waals surface area contributed by atoms with Gasteiger partial charge in [0.1, 0.15) is 11.4 Å². The third kappa shape index (κ3) is 5.97. The highest BCUT2D eigenvalue weighted by Gasteiger charge is 2.10. The molecule has 26 heavy (non-hydrogen) atoms. The minimum atomic E-state index is 0.109. The lowest BCUT2D eigenvalue weighted by Crippen LogP contribution is -2.22. The molecule has 0 aliphatic heterocycles. The van der Waals surface area contributed by atoms with Crippen LogP contribution in [0.2, 0.25) is 0 Å². The van der Waals surface area contributed by atoms with E-state index in [1.54, 1.807) is 24.3 Å². The molecule has 1 aromatic carbocycles. The van der Waals surface area contributed by atoms with Crippen molar-refractivity contribution in [1.29, 1.82) is 0 Å². The summed E-state index contributed by atoms with van der Waals surface area (Å²) in [5.74, 6) is 0.890. The standard InChI is InChI=1S/C20H25N3O3/c1-2-3-4-5-6-14-26-18-11-9-17(10-12-18)22-20(23-25)19-16(15-24)8-7-13-21-19/h7-13,15,25H,2-6,14H2,1H3,(H,22,23). The third-order valence-electron chi connectivity index (χ3n) is 3.89. The molecule has 0 unspecified atom stereocenters. The lowest BCUT2D eigenvalue weighted by molar-refractivity contribution is 0.112. The fourth-order valence-electron chi connectivity index (χ4n) is 2.48. The molecule has 0 saturated heterocycles. The van der Waals surface area contributed by atoms with Gasteiger partial charge < -0.3 is 4.74 Å². The molecule has 0 saturated carbocycles. The number of nitrogens with one attached hydrogen (secondary N) is 1. The number of aliphatic imine (C=N–C) groups is 1. The molecule has 6 nitrogen and oxygen atoms in total. The molecule has 0 spiro atoms. The first-order valence-corrected chi connectivity index (χ1v) is 8.90. The smallest absolute Gasteiger partial charge is 0.177 e. The summed E-state index contributed by atoms with van der Waals surface area (Å²) < 4.78 is 5.72. The van der Waals surface area contributed by atoms with Crippen LogP contribution in [0, 0.1) is 0 Å². The number of rotatable bonds is 10. The number of hydrogen-bond acceptors (Lipinski definition) is 5. The molecule has 6 heteroatoms. The Kier molecular flexibility index (Phi) is 8.29. The van der Waals surface area contributed by atoms with E-state index in [1.165, 1.54) is 31.9 Å².